The minimum Gasteiger partial charge on any atom is -0.477 e. The first-order valence-electron chi connectivity index (χ1n) is 3.43. The van der Waals surface area contributed by atoms with E-state index < -0.39 is 12.1 Å². The summed E-state index contributed by atoms with van der Waals surface area (Å²) in [6.45, 7) is 1.31. The van der Waals surface area contributed by atoms with Crippen molar-refractivity contribution in [2.24, 2.45) is 7.05 Å². The van der Waals surface area contributed by atoms with Gasteiger partial charge in [-0.3, -0.25) is 4.68 Å². The van der Waals surface area contributed by atoms with E-state index >= 15 is 0 Å². The number of rotatable bonds is 2. The summed E-state index contributed by atoms with van der Waals surface area (Å²) in [5.74, 6) is -1.10. The molecule has 0 radical (unpaired) electrons. The van der Waals surface area contributed by atoms with Crippen molar-refractivity contribution in [3.8, 4) is 0 Å². The molecule has 0 amide bonds. The average molecular weight is 172 g/mol. The predicted molar refractivity (Wildman–Crippen MR) is 39.7 cm³/mol. The Hall–Kier alpha value is -1.39. The fourth-order valence-corrected chi connectivity index (χ4v) is 0.884. The van der Waals surface area contributed by atoms with Crippen molar-refractivity contribution in [3.63, 3.8) is 0 Å². The summed E-state index contributed by atoms with van der Waals surface area (Å²) in [7, 11) is 1.47. The molecular weight excluding hydrogens is 163 g/mol. The molecule has 1 aromatic heterocycles. The molecule has 1 N–H and O–H groups in total. The Morgan fingerprint density at radius 3 is 2.67 bits per heavy atom. The van der Waals surface area contributed by atoms with Crippen LogP contribution in [0.15, 0.2) is 6.07 Å². The van der Waals surface area contributed by atoms with E-state index in [1.807, 2.05) is 0 Å². The number of aromatic carboxylic acids is 1. The molecule has 66 valence electrons. The molecule has 0 saturated carbocycles. The summed E-state index contributed by atoms with van der Waals surface area (Å²) in [5.41, 5.74) is 0.143. The van der Waals surface area contributed by atoms with Crippen LogP contribution in [-0.4, -0.2) is 20.9 Å². The Kier molecular flexibility index (Phi) is 2.12. The highest BCUT2D eigenvalue weighted by Crippen LogP contribution is 2.15. The Morgan fingerprint density at radius 2 is 2.42 bits per heavy atom. The number of carboxylic acid groups (broad SMARTS) is 1. The maximum atomic E-state index is 12.6. The zero-order valence-electron chi connectivity index (χ0n) is 6.78. The van der Waals surface area contributed by atoms with Crippen molar-refractivity contribution in [1.29, 1.82) is 0 Å². The van der Waals surface area contributed by atoms with E-state index in [9.17, 15) is 9.18 Å². The quantitative estimate of drug-likeness (QED) is 0.727. The topological polar surface area (TPSA) is 55.1 Å². The largest absolute Gasteiger partial charge is 0.477 e. The third-order valence-electron chi connectivity index (χ3n) is 1.53. The molecule has 0 fully saturated rings. The third-order valence-corrected chi connectivity index (χ3v) is 1.53. The number of nitrogens with zero attached hydrogens (tertiary/aromatic N) is 2. The van der Waals surface area contributed by atoms with Gasteiger partial charge in [0.25, 0.3) is 0 Å². The molecule has 0 aliphatic heterocycles. The van der Waals surface area contributed by atoms with Gasteiger partial charge in [-0.05, 0) is 13.0 Å². The summed E-state index contributed by atoms with van der Waals surface area (Å²) in [5, 5.41) is 12.3. The SMILES string of the molecule is CC(F)c1cc(C(=O)O)n(C)n1. The van der Waals surface area contributed by atoms with Crippen molar-refractivity contribution >= 4 is 5.97 Å². The molecule has 0 spiro atoms. The normalized spacial score (nSPS) is 12.9. The predicted octanol–water partition coefficient (Wildman–Crippen LogP) is 1.15. The molecule has 12 heavy (non-hydrogen) atoms. The zero-order valence-corrected chi connectivity index (χ0v) is 6.78. The first-order valence-corrected chi connectivity index (χ1v) is 3.43. The van der Waals surface area contributed by atoms with E-state index in [1.54, 1.807) is 0 Å². The number of aryl methyl sites for hydroxylation is 1. The van der Waals surface area contributed by atoms with E-state index in [1.165, 1.54) is 20.0 Å². The molecule has 0 bridgehead atoms. The fourth-order valence-electron chi connectivity index (χ4n) is 0.884. The summed E-state index contributed by atoms with van der Waals surface area (Å²) in [6.07, 6.45) is -1.23. The molecule has 1 rings (SSSR count). The lowest BCUT2D eigenvalue weighted by atomic mass is 10.3. The van der Waals surface area contributed by atoms with Crippen molar-refractivity contribution < 1.29 is 14.3 Å². The standard InChI is InChI=1S/C7H9FN2O2/c1-4(8)5-3-6(7(11)12)10(2)9-5/h3-4H,1-2H3,(H,11,12). The molecule has 1 heterocycles. The van der Waals surface area contributed by atoms with Crippen molar-refractivity contribution in [2.45, 2.75) is 13.1 Å². The van der Waals surface area contributed by atoms with Gasteiger partial charge in [0.1, 0.15) is 11.9 Å². The Bertz CT molecular complexity index is 306. The Labute approximate surface area is 68.6 Å². The highest BCUT2D eigenvalue weighted by Gasteiger charge is 2.14. The van der Waals surface area contributed by atoms with E-state index in [-0.39, 0.29) is 11.4 Å². The number of alkyl halides is 1. The van der Waals surface area contributed by atoms with Crippen LogP contribution in [0, 0.1) is 0 Å². The third kappa shape index (κ3) is 1.44. The van der Waals surface area contributed by atoms with Crippen LogP contribution in [-0.2, 0) is 7.05 Å². The van der Waals surface area contributed by atoms with Crippen LogP contribution in [0.2, 0.25) is 0 Å². The summed E-state index contributed by atoms with van der Waals surface area (Å²) >= 11 is 0. The van der Waals surface area contributed by atoms with E-state index in [0.29, 0.717) is 0 Å². The molecule has 0 aromatic carbocycles. The summed E-state index contributed by atoms with van der Waals surface area (Å²) < 4.78 is 13.8. The number of aromatic nitrogens is 2. The van der Waals surface area contributed by atoms with Crippen LogP contribution in [0.25, 0.3) is 0 Å². The minimum atomic E-state index is -1.23. The maximum absolute atomic E-state index is 12.6. The summed E-state index contributed by atoms with van der Waals surface area (Å²) in [6, 6.07) is 1.23. The minimum absolute atomic E-state index is 0.00509. The molecule has 5 heteroatoms. The van der Waals surface area contributed by atoms with Gasteiger partial charge >= 0.3 is 5.97 Å². The molecular formula is C7H9FN2O2. The molecule has 0 aliphatic rings. The first-order chi connectivity index (χ1) is 5.52. The monoisotopic (exact) mass is 172 g/mol. The molecule has 0 saturated heterocycles. The van der Waals surface area contributed by atoms with Gasteiger partial charge in [-0.1, -0.05) is 0 Å². The van der Waals surface area contributed by atoms with Crippen LogP contribution in [0.5, 0.6) is 0 Å². The van der Waals surface area contributed by atoms with Crippen molar-refractivity contribution in [3.05, 3.63) is 17.5 Å². The van der Waals surface area contributed by atoms with Gasteiger partial charge in [-0.2, -0.15) is 5.10 Å². The maximum Gasteiger partial charge on any atom is 0.354 e. The van der Waals surface area contributed by atoms with E-state index in [4.69, 9.17) is 5.11 Å². The Balaban J connectivity index is 3.09. The lowest BCUT2D eigenvalue weighted by Gasteiger charge is -1.92. The number of carbonyl (C=O) groups is 1. The van der Waals surface area contributed by atoms with Crippen LogP contribution in [0.1, 0.15) is 29.3 Å². The van der Waals surface area contributed by atoms with Gasteiger partial charge < -0.3 is 5.11 Å². The Morgan fingerprint density at radius 1 is 1.83 bits per heavy atom. The number of hydrogen-bond acceptors (Lipinski definition) is 2. The number of halogens is 1. The molecule has 0 aliphatic carbocycles. The average Bonchev–Trinajstić information content (AvgIpc) is 2.30. The molecule has 4 nitrogen and oxygen atoms in total. The van der Waals surface area contributed by atoms with Crippen LogP contribution < -0.4 is 0 Å². The van der Waals surface area contributed by atoms with Crippen molar-refractivity contribution in [2.75, 3.05) is 0 Å². The van der Waals surface area contributed by atoms with Gasteiger partial charge in [0.2, 0.25) is 0 Å². The van der Waals surface area contributed by atoms with Gasteiger partial charge in [0.15, 0.2) is 0 Å². The van der Waals surface area contributed by atoms with Gasteiger partial charge in [-0.15, -0.1) is 0 Å². The highest BCUT2D eigenvalue weighted by atomic mass is 19.1. The lowest BCUT2D eigenvalue weighted by molar-refractivity contribution is 0.0685. The van der Waals surface area contributed by atoms with Crippen LogP contribution >= 0.6 is 0 Å². The number of carboxylic acids is 1. The molecule has 1 aromatic rings. The second kappa shape index (κ2) is 2.92. The zero-order chi connectivity index (χ0) is 9.30. The summed E-state index contributed by atoms with van der Waals surface area (Å²) in [4.78, 5) is 10.5. The van der Waals surface area contributed by atoms with E-state index in [0.717, 1.165) is 4.68 Å². The van der Waals surface area contributed by atoms with Gasteiger partial charge in [-0.25, -0.2) is 9.18 Å². The number of hydrogen-bond donors (Lipinski definition) is 1. The second-order valence-corrected chi connectivity index (χ2v) is 2.50. The van der Waals surface area contributed by atoms with Crippen LogP contribution in [0.3, 0.4) is 0 Å². The lowest BCUT2D eigenvalue weighted by Crippen LogP contribution is -2.04. The molecule has 1 unspecified atom stereocenters. The van der Waals surface area contributed by atoms with Crippen LogP contribution in [0.4, 0.5) is 4.39 Å². The highest BCUT2D eigenvalue weighted by molar-refractivity contribution is 5.85. The van der Waals surface area contributed by atoms with Gasteiger partial charge in [0.05, 0.1) is 5.69 Å². The fraction of sp³-hybridized carbons (Fsp3) is 0.429. The smallest absolute Gasteiger partial charge is 0.354 e. The molecule has 1 atom stereocenters. The second-order valence-electron chi connectivity index (χ2n) is 2.50. The van der Waals surface area contributed by atoms with E-state index in [2.05, 4.69) is 5.10 Å². The van der Waals surface area contributed by atoms with Crippen molar-refractivity contribution in [1.82, 2.24) is 9.78 Å². The first kappa shape index (κ1) is 8.70. The van der Waals surface area contributed by atoms with Gasteiger partial charge in [0, 0.05) is 7.05 Å².